The lowest BCUT2D eigenvalue weighted by Crippen LogP contribution is -2.23. The first kappa shape index (κ1) is 16.1. The van der Waals surface area contributed by atoms with Gasteiger partial charge >= 0.3 is 0 Å². The van der Waals surface area contributed by atoms with Crippen molar-refractivity contribution in [1.29, 1.82) is 0 Å². The van der Waals surface area contributed by atoms with Crippen LogP contribution in [0.25, 0.3) is 16.6 Å². The zero-order valence-electron chi connectivity index (χ0n) is 12.9. The van der Waals surface area contributed by atoms with Crippen LogP contribution in [0, 0.1) is 0 Å². The van der Waals surface area contributed by atoms with Crippen LogP contribution in [-0.2, 0) is 4.79 Å². The van der Waals surface area contributed by atoms with Gasteiger partial charge in [0.15, 0.2) is 5.16 Å². The van der Waals surface area contributed by atoms with E-state index in [4.69, 9.17) is 10.5 Å². The summed E-state index contributed by atoms with van der Waals surface area (Å²) < 4.78 is 6.81. The Bertz CT molecular complexity index is 969. The minimum Gasteiger partial charge on any atom is -0.495 e. The Kier molecular flexibility index (Phi) is 4.52. The van der Waals surface area contributed by atoms with E-state index in [9.17, 15) is 9.59 Å². The maximum absolute atomic E-state index is 13.0. The molecule has 0 spiro atoms. The number of hydrogen-bond acceptors (Lipinski definition) is 5. The number of rotatable bonds is 5. The second kappa shape index (κ2) is 6.76. The van der Waals surface area contributed by atoms with Crippen LogP contribution in [0.15, 0.2) is 58.5 Å². The van der Waals surface area contributed by atoms with Crippen molar-refractivity contribution in [3.63, 3.8) is 0 Å². The second-order valence-electron chi connectivity index (χ2n) is 4.98. The molecule has 0 fully saturated rings. The van der Waals surface area contributed by atoms with E-state index in [1.165, 1.54) is 11.7 Å². The van der Waals surface area contributed by atoms with E-state index in [1.54, 1.807) is 30.3 Å². The summed E-state index contributed by atoms with van der Waals surface area (Å²) in [7, 11) is 1.54. The van der Waals surface area contributed by atoms with Crippen LogP contribution in [0.2, 0.25) is 0 Å². The number of nitrogens with two attached hydrogens (primary N) is 1. The quantitative estimate of drug-likeness (QED) is 0.566. The van der Waals surface area contributed by atoms with Crippen LogP contribution in [0.3, 0.4) is 0 Å². The van der Waals surface area contributed by atoms with Crippen LogP contribution in [-0.4, -0.2) is 28.3 Å². The standard InChI is InChI=1S/C17H15N3O3S/c1-23-14-9-5-4-8-13(14)20-16(22)11-6-2-3-7-12(11)19-17(20)24-10-15(18)21/h2-9H,10H2,1H3,(H2,18,21). The van der Waals surface area contributed by atoms with Crippen molar-refractivity contribution in [2.75, 3.05) is 12.9 Å². The maximum Gasteiger partial charge on any atom is 0.266 e. The molecule has 7 heteroatoms. The van der Waals surface area contributed by atoms with Crippen molar-refractivity contribution in [2.45, 2.75) is 5.16 Å². The lowest BCUT2D eigenvalue weighted by molar-refractivity contribution is -0.115. The predicted octanol–water partition coefficient (Wildman–Crippen LogP) is 1.97. The normalized spacial score (nSPS) is 10.7. The molecule has 6 nitrogen and oxygen atoms in total. The molecule has 0 aliphatic carbocycles. The first-order chi connectivity index (χ1) is 11.6. The number of carbonyl (C=O) groups is 1. The van der Waals surface area contributed by atoms with Gasteiger partial charge < -0.3 is 10.5 Å². The number of thioether (sulfide) groups is 1. The Morgan fingerprint density at radius 1 is 1.21 bits per heavy atom. The number of fused-ring (bicyclic) bond motifs is 1. The topological polar surface area (TPSA) is 87.2 Å². The third-order valence-electron chi connectivity index (χ3n) is 3.41. The van der Waals surface area contributed by atoms with Gasteiger partial charge in [0.2, 0.25) is 5.91 Å². The van der Waals surface area contributed by atoms with Crippen LogP contribution in [0.4, 0.5) is 0 Å². The van der Waals surface area contributed by atoms with Gasteiger partial charge in [0.1, 0.15) is 5.75 Å². The van der Waals surface area contributed by atoms with E-state index >= 15 is 0 Å². The largest absolute Gasteiger partial charge is 0.495 e. The molecule has 0 bridgehead atoms. The Morgan fingerprint density at radius 2 is 1.92 bits per heavy atom. The molecule has 0 unspecified atom stereocenters. The summed E-state index contributed by atoms with van der Waals surface area (Å²) in [6.45, 7) is 0. The number of benzene rings is 2. The van der Waals surface area contributed by atoms with E-state index in [-0.39, 0.29) is 11.3 Å². The minimum atomic E-state index is -0.478. The average Bonchev–Trinajstić information content (AvgIpc) is 2.60. The summed E-state index contributed by atoms with van der Waals surface area (Å²) in [5, 5.41) is 0.883. The first-order valence-corrected chi connectivity index (χ1v) is 8.16. The third-order valence-corrected chi connectivity index (χ3v) is 4.38. The van der Waals surface area contributed by atoms with E-state index in [0.29, 0.717) is 27.5 Å². The number of aromatic nitrogens is 2. The van der Waals surface area contributed by atoms with Gasteiger partial charge in [0.05, 0.1) is 29.5 Å². The van der Waals surface area contributed by atoms with E-state index in [0.717, 1.165) is 11.8 Å². The highest BCUT2D eigenvalue weighted by Crippen LogP contribution is 2.26. The predicted molar refractivity (Wildman–Crippen MR) is 93.8 cm³/mol. The number of methoxy groups -OCH3 is 1. The zero-order valence-corrected chi connectivity index (χ0v) is 13.7. The average molecular weight is 341 g/mol. The molecular formula is C17H15N3O3S. The SMILES string of the molecule is COc1ccccc1-n1c(SCC(N)=O)nc2ccccc2c1=O. The molecule has 0 aliphatic heterocycles. The Hall–Kier alpha value is -2.80. The highest BCUT2D eigenvalue weighted by molar-refractivity contribution is 7.99. The van der Waals surface area contributed by atoms with Crippen LogP contribution < -0.4 is 16.0 Å². The number of nitrogens with zero attached hydrogens (tertiary/aromatic N) is 2. The van der Waals surface area contributed by atoms with Gasteiger partial charge in [0, 0.05) is 0 Å². The molecule has 24 heavy (non-hydrogen) atoms. The monoisotopic (exact) mass is 341 g/mol. The smallest absolute Gasteiger partial charge is 0.266 e. The van der Waals surface area contributed by atoms with Crippen molar-refractivity contribution in [1.82, 2.24) is 9.55 Å². The minimum absolute atomic E-state index is 0.0277. The fourth-order valence-electron chi connectivity index (χ4n) is 2.37. The van der Waals surface area contributed by atoms with Gasteiger partial charge in [-0.05, 0) is 24.3 Å². The van der Waals surface area contributed by atoms with Gasteiger partial charge in [-0.1, -0.05) is 36.0 Å². The van der Waals surface area contributed by atoms with Crippen molar-refractivity contribution in [3.05, 3.63) is 58.9 Å². The van der Waals surface area contributed by atoms with Gasteiger partial charge in [0.25, 0.3) is 5.56 Å². The summed E-state index contributed by atoms with van der Waals surface area (Å²) in [6, 6.07) is 14.2. The number of ether oxygens (including phenoxy) is 1. The highest BCUT2D eigenvalue weighted by atomic mass is 32.2. The Morgan fingerprint density at radius 3 is 2.67 bits per heavy atom. The highest BCUT2D eigenvalue weighted by Gasteiger charge is 2.16. The summed E-state index contributed by atoms with van der Waals surface area (Å²) in [6.07, 6.45) is 0. The fourth-order valence-corrected chi connectivity index (χ4v) is 3.12. The molecule has 2 aromatic carbocycles. The molecule has 0 saturated carbocycles. The molecule has 0 atom stereocenters. The Balaban J connectivity index is 2.31. The number of carbonyl (C=O) groups excluding carboxylic acids is 1. The number of amides is 1. The third kappa shape index (κ3) is 2.98. The summed E-state index contributed by atoms with van der Waals surface area (Å²) in [4.78, 5) is 28.7. The molecule has 1 aromatic heterocycles. The summed E-state index contributed by atoms with van der Waals surface area (Å²) in [5.41, 5.74) is 6.15. The summed E-state index contributed by atoms with van der Waals surface area (Å²) >= 11 is 1.12. The van der Waals surface area contributed by atoms with Gasteiger partial charge in [-0.2, -0.15) is 0 Å². The summed E-state index contributed by atoms with van der Waals surface area (Å²) in [5.74, 6) is 0.0894. The lowest BCUT2D eigenvalue weighted by Gasteiger charge is -2.15. The number of primary amides is 1. The number of hydrogen-bond donors (Lipinski definition) is 1. The van der Waals surface area contributed by atoms with Crippen molar-refractivity contribution in [3.8, 4) is 11.4 Å². The van der Waals surface area contributed by atoms with Gasteiger partial charge in [-0.15, -0.1) is 0 Å². The van der Waals surface area contributed by atoms with Crippen LogP contribution in [0.5, 0.6) is 5.75 Å². The second-order valence-corrected chi connectivity index (χ2v) is 5.92. The molecule has 0 saturated heterocycles. The van der Waals surface area contributed by atoms with Crippen molar-refractivity contribution >= 4 is 28.6 Å². The zero-order chi connectivity index (χ0) is 17.1. The molecule has 1 amide bonds. The Labute approximate surface area is 142 Å². The molecule has 3 rings (SSSR count). The lowest BCUT2D eigenvalue weighted by atomic mass is 10.2. The molecule has 3 aromatic rings. The van der Waals surface area contributed by atoms with Gasteiger partial charge in [-0.25, -0.2) is 4.98 Å². The van der Waals surface area contributed by atoms with Crippen molar-refractivity contribution in [2.24, 2.45) is 5.73 Å². The molecule has 1 heterocycles. The molecule has 0 radical (unpaired) electrons. The van der Waals surface area contributed by atoms with E-state index < -0.39 is 5.91 Å². The molecular weight excluding hydrogens is 326 g/mol. The van der Waals surface area contributed by atoms with Crippen LogP contribution >= 0.6 is 11.8 Å². The number of para-hydroxylation sites is 3. The molecule has 122 valence electrons. The van der Waals surface area contributed by atoms with Gasteiger partial charge in [-0.3, -0.25) is 14.2 Å². The fraction of sp³-hybridized carbons (Fsp3) is 0.118. The molecule has 0 aliphatic rings. The van der Waals surface area contributed by atoms with Crippen molar-refractivity contribution < 1.29 is 9.53 Å². The first-order valence-electron chi connectivity index (χ1n) is 7.18. The maximum atomic E-state index is 13.0. The van der Waals surface area contributed by atoms with E-state index in [1.807, 2.05) is 18.2 Å². The van der Waals surface area contributed by atoms with Crippen LogP contribution in [0.1, 0.15) is 0 Å². The molecule has 2 N–H and O–H groups in total. The van der Waals surface area contributed by atoms with E-state index in [2.05, 4.69) is 4.98 Å².